The Kier molecular flexibility index (Phi) is 4.70. The first-order valence-electron chi connectivity index (χ1n) is 8.26. The number of carbonyl (C=O) groups is 1. The van der Waals surface area contributed by atoms with Crippen LogP contribution < -0.4 is 0 Å². The summed E-state index contributed by atoms with van der Waals surface area (Å²) in [7, 11) is 2.11. The predicted octanol–water partition coefficient (Wildman–Crippen LogP) is -0.347. The molecule has 2 atom stereocenters. The standard InChI is InChI=1S/C16H26N4O3/c1-11-13(12(2)23-17-11)8-16(22)20-9-14(15(21)10-20)19-6-4-18(3)5-7-19/h14-15,21H,4-10H2,1-3H3/t14-,15-/m1/s1. The van der Waals surface area contributed by atoms with Crippen molar-refractivity contribution in [3.63, 3.8) is 0 Å². The van der Waals surface area contributed by atoms with Crippen molar-refractivity contribution in [1.29, 1.82) is 0 Å². The van der Waals surface area contributed by atoms with E-state index in [1.54, 1.807) is 4.90 Å². The number of nitrogens with zero attached hydrogens (tertiary/aromatic N) is 4. The van der Waals surface area contributed by atoms with Crippen LogP contribution in [-0.4, -0.2) is 89.3 Å². The van der Waals surface area contributed by atoms with Crippen LogP contribution in [0.5, 0.6) is 0 Å². The van der Waals surface area contributed by atoms with Gasteiger partial charge in [0.15, 0.2) is 0 Å². The molecule has 2 saturated heterocycles. The van der Waals surface area contributed by atoms with E-state index in [4.69, 9.17) is 4.52 Å². The van der Waals surface area contributed by atoms with Crippen LogP contribution >= 0.6 is 0 Å². The minimum atomic E-state index is -0.466. The van der Waals surface area contributed by atoms with Gasteiger partial charge in [-0.2, -0.15) is 0 Å². The third-order valence-corrected chi connectivity index (χ3v) is 5.13. The maximum atomic E-state index is 12.6. The second kappa shape index (κ2) is 6.59. The number of carbonyl (C=O) groups excluding carboxylic acids is 1. The molecule has 3 heterocycles. The molecule has 0 aromatic carbocycles. The van der Waals surface area contributed by atoms with Gasteiger partial charge >= 0.3 is 0 Å². The molecule has 2 aliphatic rings. The molecule has 0 radical (unpaired) electrons. The Labute approximate surface area is 136 Å². The maximum absolute atomic E-state index is 12.6. The van der Waals surface area contributed by atoms with Crippen LogP contribution in [0.1, 0.15) is 17.0 Å². The van der Waals surface area contributed by atoms with Crippen molar-refractivity contribution in [1.82, 2.24) is 19.9 Å². The summed E-state index contributed by atoms with van der Waals surface area (Å²) in [5.41, 5.74) is 1.64. The predicted molar refractivity (Wildman–Crippen MR) is 85.1 cm³/mol. The van der Waals surface area contributed by atoms with Gasteiger partial charge in [0.25, 0.3) is 0 Å². The number of hydrogen-bond donors (Lipinski definition) is 1. The van der Waals surface area contributed by atoms with E-state index in [2.05, 4.69) is 22.0 Å². The fourth-order valence-corrected chi connectivity index (χ4v) is 3.50. The summed E-state index contributed by atoms with van der Waals surface area (Å²) in [6, 6.07) is 0.0531. The quantitative estimate of drug-likeness (QED) is 0.820. The van der Waals surface area contributed by atoms with Crippen LogP contribution in [0.3, 0.4) is 0 Å². The van der Waals surface area contributed by atoms with Crippen LogP contribution in [0, 0.1) is 13.8 Å². The number of aliphatic hydroxyl groups excluding tert-OH is 1. The van der Waals surface area contributed by atoms with Gasteiger partial charge in [0.05, 0.1) is 24.3 Å². The summed E-state index contributed by atoms with van der Waals surface area (Å²) >= 11 is 0. The first-order valence-corrected chi connectivity index (χ1v) is 8.26. The first-order chi connectivity index (χ1) is 11.0. The van der Waals surface area contributed by atoms with E-state index < -0.39 is 6.10 Å². The van der Waals surface area contributed by atoms with Crippen molar-refractivity contribution in [2.24, 2.45) is 0 Å². The molecule has 0 bridgehead atoms. The minimum absolute atomic E-state index is 0.0371. The largest absolute Gasteiger partial charge is 0.390 e. The summed E-state index contributed by atoms with van der Waals surface area (Å²) in [5.74, 6) is 0.737. The van der Waals surface area contributed by atoms with E-state index in [0.29, 0.717) is 25.3 Å². The lowest BCUT2D eigenvalue weighted by Gasteiger charge is -2.37. The number of piperazine rings is 1. The molecule has 0 spiro atoms. The van der Waals surface area contributed by atoms with Crippen molar-refractivity contribution in [3.05, 3.63) is 17.0 Å². The van der Waals surface area contributed by atoms with Gasteiger partial charge in [-0.1, -0.05) is 5.16 Å². The molecule has 2 aliphatic heterocycles. The zero-order valence-corrected chi connectivity index (χ0v) is 14.2. The van der Waals surface area contributed by atoms with Crippen LogP contribution in [0.15, 0.2) is 4.52 Å². The van der Waals surface area contributed by atoms with Crippen LogP contribution in [0.4, 0.5) is 0 Å². The average molecular weight is 322 g/mol. The number of likely N-dealkylation sites (N-methyl/N-ethyl adjacent to an activating group) is 1. The van der Waals surface area contributed by atoms with E-state index in [9.17, 15) is 9.90 Å². The highest BCUT2D eigenvalue weighted by Crippen LogP contribution is 2.20. The van der Waals surface area contributed by atoms with Crippen molar-refractivity contribution in [2.45, 2.75) is 32.4 Å². The zero-order chi connectivity index (χ0) is 16.6. The lowest BCUT2D eigenvalue weighted by Crippen LogP contribution is -2.52. The molecular formula is C16H26N4O3. The van der Waals surface area contributed by atoms with Gasteiger partial charge in [-0.25, -0.2) is 0 Å². The molecule has 2 fully saturated rings. The first kappa shape index (κ1) is 16.4. The zero-order valence-electron chi connectivity index (χ0n) is 14.2. The van der Waals surface area contributed by atoms with E-state index in [-0.39, 0.29) is 11.9 Å². The monoisotopic (exact) mass is 322 g/mol. The maximum Gasteiger partial charge on any atom is 0.227 e. The SMILES string of the molecule is Cc1noc(C)c1CC(=O)N1C[C@@H](O)[C@H](N2CCN(C)CC2)C1. The number of hydrogen-bond acceptors (Lipinski definition) is 6. The summed E-state index contributed by atoms with van der Waals surface area (Å²) in [5, 5.41) is 14.3. The number of β-amino-alcohol motifs (C(OH)–C–C–N with tert-alkyl or cyclic N) is 1. The van der Waals surface area contributed by atoms with Gasteiger partial charge in [0.2, 0.25) is 5.91 Å². The van der Waals surface area contributed by atoms with Gasteiger partial charge < -0.3 is 19.4 Å². The fraction of sp³-hybridized carbons (Fsp3) is 0.750. The van der Waals surface area contributed by atoms with E-state index in [1.165, 1.54) is 0 Å². The Morgan fingerprint density at radius 3 is 2.57 bits per heavy atom. The Bertz CT molecular complexity index is 546. The number of rotatable bonds is 3. The molecule has 3 rings (SSSR count). The molecule has 1 amide bonds. The van der Waals surface area contributed by atoms with Gasteiger partial charge in [-0.3, -0.25) is 9.69 Å². The van der Waals surface area contributed by atoms with Crippen molar-refractivity contribution >= 4 is 5.91 Å². The summed E-state index contributed by atoms with van der Waals surface area (Å²) in [4.78, 5) is 18.9. The molecule has 1 N–H and O–H groups in total. The fourth-order valence-electron chi connectivity index (χ4n) is 3.50. The molecular weight excluding hydrogens is 296 g/mol. The Balaban J connectivity index is 1.60. The average Bonchev–Trinajstić information content (AvgIpc) is 3.05. The van der Waals surface area contributed by atoms with Crippen molar-refractivity contribution in [3.8, 4) is 0 Å². The molecule has 23 heavy (non-hydrogen) atoms. The lowest BCUT2D eigenvalue weighted by molar-refractivity contribution is -0.129. The normalized spacial score (nSPS) is 26.9. The van der Waals surface area contributed by atoms with Crippen LogP contribution in [0.25, 0.3) is 0 Å². The Hall–Kier alpha value is -1.44. The topological polar surface area (TPSA) is 73.0 Å². The second-order valence-corrected chi connectivity index (χ2v) is 6.75. The summed E-state index contributed by atoms with van der Waals surface area (Å²) in [6.45, 7) is 8.62. The highest BCUT2D eigenvalue weighted by atomic mass is 16.5. The smallest absolute Gasteiger partial charge is 0.227 e. The lowest BCUT2D eigenvalue weighted by atomic mass is 10.1. The molecule has 7 nitrogen and oxygen atoms in total. The molecule has 7 heteroatoms. The molecule has 1 aromatic heterocycles. The van der Waals surface area contributed by atoms with E-state index in [1.807, 2.05) is 13.8 Å². The van der Waals surface area contributed by atoms with Gasteiger partial charge in [-0.15, -0.1) is 0 Å². The molecule has 0 saturated carbocycles. The molecule has 128 valence electrons. The van der Waals surface area contributed by atoms with Crippen molar-refractivity contribution < 1.29 is 14.4 Å². The number of aromatic nitrogens is 1. The van der Waals surface area contributed by atoms with Crippen LogP contribution in [-0.2, 0) is 11.2 Å². The van der Waals surface area contributed by atoms with Gasteiger partial charge in [-0.05, 0) is 20.9 Å². The van der Waals surface area contributed by atoms with Gasteiger partial charge in [0.1, 0.15) is 5.76 Å². The number of aliphatic hydroxyl groups is 1. The number of amides is 1. The molecule has 0 unspecified atom stereocenters. The highest BCUT2D eigenvalue weighted by molar-refractivity contribution is 5.79. The second-order valence-electron chi connectivity index (χ2n) is 6.75. The minimum Gasteiger partial charge on any atom is -0.390 e. The molecule has 1 aromatic rings. The number of likely N-dealkylation sites (tertiary alicyclic amines) is 1. The Morgan fingerprint density at radius 2 is 1.96 bits per heavy atom. The van der Waals surface area contributed by atoms with Crippen LogP contribution in [0.2, 0.25) is 0 Å². The summed E-state index contributed by atoms with van der Waals surface area (Å²) < 4.78 is 5.12. The van der Waals surface area contributed by atoms with E-state index in [0.717, 1.165) is 37.4 Å². The Morgan fingerprint density at radius 1 is 1.26 bits per heavy atom. The number of aryl methyl sites for hydroxylation is 2. The van der Waals surface area contributed by atoms with Gasteiger partial charge in [0, 0.05) is 44.8 Å². The molecule has 0 aliphatic carbocycles. The highest BCUT2D eigenvalue weighted by Gasteiger charge is 2.38. The van der Waals surface area contributed by atoms with E-state index >= 15 is 0 Å². The summed E-state index contributed by atoms with van der Waals surface area (Å²) in [6.07, 6.45) is -0.171. The third kappa shape index (κ3) is 3.41. The third-order valence-electron chi connectivity index (χ3n) is 5.13. The van der Waals surface area contributed by atoms with Crippen molar-refractivity contribution in [2.75, 3.05) is 46.3 Å².